The van der Waals surface area contributed by atoms with Crippen LogP contribution in [0.2, 0.25) is 0 Å². The second-order valence-corrected chi connectivity index (χ2v) is 7.22. The Morgan fingerprint density at radius 1 is 1.14 bits per heavy atom. The third-order valence-corrected chi connectivity index (χ3v) is 5.28. The van der Waals surface area contributed by atoms with Crippen molar-refractivity contribution in [1.82, 2.24) is 4.90 Å². The molecule has 7 nitrogen and oxygen atoms in total. The van der Waals surface area contributed by atoms with E-state index in [2.05, 4.69) is 9.64 Å². The van der Waals surface area contributed by atoms with Crippen LogP contribution >= 0.6 is 0 Å². The summed E-state index contributed by atoms with van der Waals surface area (Å²) in [6.45, 7) is 1.27. The average Bonchev–Trinajstić information content (AvgIpc) is 3.60. The second-order valence-electron chi connectivity index (χ2n) is 7.22. The largest absolute Gasteiger partial charge is 0.478 e. The first-order valence-corrected chi connectivity index (χ1v) is 9.44. The Kier molecular flexibility index (Phi) is 4.24. The SMILES string of the molecule is COC(=O)c1ccc(Oc2coc3c4c(ccc3c2=O)OCN(C2CC2)C4)cc1. The van der Waals surface area contributed by atoms with Crippen LogP contribution in [-0.2, 0) is 11.3 Å². The van der Waals surface area contributed by atoms with Gasteiger partial charge in [-0.2, -0.15) is 0 Å². The molecule has 1 aliphatic carbocycles. The molecule has 1 aromatic heterocycles. The second kappa shape index (κ2) is 6.93. The van der Waals surface area contributed by atoms with Gasteiger partial charge in [0.05, 0.1) is 23.6 Å². The van der Waals surface area contributed by atoms with Crippen molar-refractivity contribution in [1.29, 1.82) is 0 Å². The first kappa shape index (κ1) is 17.8. The molecular weight excluding hydrogens is 374 g/mol. The van der Waals surface area contributed by atoms with Gasteiger partial charge in [0.15, 0.2) is 0 Å². The number of hydrogen-bond donors (Lipinski definition) is 0. The number of nitrogens with zero attached hydrogens (tertiary/aromatic N) is 1. The summed E-state index contributed by atoms with van der Waals surface area (Å²) < 4.78 is 22.0. The van der Waals surface area contributed by atoms with Crippen molar-refractivity contribution >= 4 is 16.9 Å². The average molecular weight is 393 g/mol. The first-order valence-electron chi connectivity index (χ1n) is 9.44. The van der Waals surface area contributed by atoms with Gasteiger partial charge in [-0.25, -0.2) is 4.79 Å². The van der Waals surface area contributed by atoms with Crippen molar-refractivity contribution in [3.63, 3.8) is 0 Å². The van der Waals surface area contributed by atoms with E-state index < -0.39 is 5.97 Å². The highest BCUT2D eigenvalue weighted by molar-refractivity contribution is 5.89. The maximum absolute atomic E-state index is 13.0. The number of fused-ring (bicyclic) bond motifs is 3. The third-order valence-electron chi connectivity index (χ3n) is 5.28. The molecule has 0 amide bonds. The van der Waals surface area contributed by atoms with Gasteiger partial charge in [0.1, 0.15) is 30.1 Å². The van der Waals surface area contributed by atoms with Gasteiger partial charge < -0.3 is 18.6 Å². The maximum Gasteiger partial charge on any atom is 0.337 e. The Hall–Kier alpha value is -3.32. The van der Waals surface area contributed by atoms with E-state index in [0.29, 0.717) is 41.6 Å². The lowest BCUT2D eigenvalue weighted by molar-refractivity contribution is 0.0600. The lowest BCUT2D eigenvalue weighted by atomic mass is 10.1. The molecule has 1 aliphatic heterocycles. The molecular formula is C22H19NO6. The summed E-state index contributed by atoms with van der Waals surface area (Å²) >= 11 is 0. The van der Waals surface area contributed by atoms with E-state index in [1.165, 1.54) is 26.2 Å². The monoisotopic (exact) mass is 393 g/mol. The molecule has 0 unspecified atom stereocenters. The molecule has 0 radical (unpaired) electrons. The van der Waals surface area contributed by atoms with Gasteiger partial charge in [0, 0.05) is 12.6 Å². The van der Waals surface area contributed by atoms with Crippen molar-refractivity contribution in [3.05, 3.63) is 64.0 Å². The standard InChI is InChI=1S/C22H19NO6/c1-26-22(25)13-2-6-15(7-3-13)29-19-11-27-21-16(20(19)24)8-9-18-17(21)10-23(12-28-18)14-4-5-14/h2-3,6-9,11,14H,4-5,10,12H2,1H3. The van der Waals surface area contributed by atoms with E-state index in [9.17, 15) is 9.59 Å². The summed E-state index contributed by atoms with van der Waals surface area (Å²) in [6.07, 6.45) is 3.69. The zero-order valence-corrected chi connectivity index (χ0v) is 15.8. The highest BCUT2D eigenvalue weighted by Gasteiger charge is 2.33. The van der Waals surface area contributed by atoms with Crippen LogP contribution < -0.4 is 14.9 Å². The minimum absolute atomic E-state index is 0.0824. The summed E-state index contributed by atoms with van der Waals surface area (Å²) in [5, 5.41) is 0.452. The highest BCUT2D eigenvalue weighted by Crippen LogP contribution is 2.37. The lowest BCUT2D eigenvalue weighted by Crippen LogP contribution is -2.33. The number of carbonyl (C=O) groups excluding carboxylic acids is 1. The number of methoxy groups -OCH3 is 1. The van der Waals surface area contributed by atoms with E-state index in [0.717, 1.165) is 11.3 Å². The van der Waals surface area contributed by atoms with Crippen molar-refractivity contribution in [2.45, 2.75) is 25.4 Å². The van der Waals surface area contributed by atoms with Crippen LogP contribution in [0.15, 0.2) is 51.9 Å². The molecule has 3 aromatic rings. The molecule has 0 atom stereocenters. The minimum Gasteiger partial charge on any atom is -0.478 e. The van der Waals surface area contributed by atoms with Gasteiger partial charge >= 0.3 is 5.97 Å². The molecule has 5 rings (SSSR count). The Morgan fingerprint density at radius 3 is 2.66 bits per heavy atom. The van der Waals surface area contributed by atoms with Gasteiger partial charge in [0.25, 0.3) is 0 Å². The quantitative estimate of drug-likeness (QED) is 0.626. The van der Waals surface area contributed by atoms with Crippen LogP contribution in [0.25, 0.3) is 11.0 Å². The number of benzene rings is 2. The van der Waals surface area contributed by atoms with Gasteiger partial charge in [-0.1, -0.05) is 0 Å². The van der Waals surface area contributed by atoms with E-state index in [-0.39, 0.29) is 11.2 Å². The summed E-state index contributed by atoms with van der Waals surface area (Å²) in [6, 6.07) is 10.4. The molecule has 148 valence electrons. The van der Waals surface area contributed by atoms with Gasteiger partial charge in [-0.05, 0) is 49.2 Å². The fourth-order valence-electron chi connectivity index (χ4n) is 3.56. The number of carbonyl (C=O) groups is 1. The molecule has 0 spiro atoms. The molecule has 29 heavy (non-hydrogen) atoms. The van der Waals surface area contributed by atoms with Crippen molar-refractivity contribution < 1.29 is 23.4 Å². The molecule has 0 N–H and O–H groups in total. The molecule has 0 saturated heterocycles. The number of rotatable bonds is 4. The Balaban J connectivity index is 1.46. The van der Waals surface area contributed by atoms with Crippen LogP contribution in [-0.4, -0.2) is 30.8 Å². The number of hydrogen-bond acceptors (Lipinski definition) is 7. The Bertz CT molecular complexity index is 1150. The van der Waals surface area contributed by atoms with Gasteiger partial charge in [-0.15, -0.1) is 0 Å². The normalized spacial score (nSPS) is 16.2. The van der Waals surface area contributed by atoms with Crippen LogP contribution in [0.1, 0.15) is 28.8 Å². The van der Waals surface area contributed by atoms with Crippen LogP contribution in [0, 0.1) is 0 Å². The zero-order chi connectivity index (χ0) is 20.0. The predicted molar refractivity (Wildman–Crippen MR) is 104 cm³/mol. The van der Waals surface area contributed by atoms with Crippen LogP contribution in [0.5, 0.6) is 17.2 Å². The van der Waals surface area contributed by atoms with Gasteiger partial charge in [-0.3, -0.25) is 9.69 Å². The zero-order valence-electron chi connectivity index (χ0n) is 15.8. The maximum atomic E-state index is 13.0. The van der Waals surface area contributed by atoms with E-state index >= 15 is 0 Å². The van der Waals surface area contributed by atoms with Crippen LogP contribution in [0.3, 0.4) is 0 Å². The van der Waals surface area contributed by atoms with Crippen molar-refractivity contribution in [2.24, 2.45) is 0 Å². The molecule has 1 fully saturated rings. The van der Waals surface area contributed by atoms with Crippen LogP contribution in [0.4, 0.5) is 0 Å². The summed E-state index contributed by atoms with van der Waals surface area (Å²) in [7, 11) is 1.32. The van der Waals surface area contributed by atoms with Gasteiger partial charge in [0.2, 0.25) is 11.2 Å². The topological polar surface area (TPSA) is 78.2 Å². The van der Waals surface area contributed by atoms with E-state index in [4.69, 9.17) is 13.9 Å². The third kappa shape index (κ3) is 3.23. The smallest absolute Gasteiger partial charge is 0.337 e. The Morgan fingerprint density at radius 2 is 1.93 bits per heavy atom. The fourth-order valence-corrected chi connectivity index (χ4v) is 3.56. The number of esters is 1. The Labute approximate surface area is 166 Å². The summed E-state index contributed by atoms with van der Waals surface area (Å²) in [5.74, 6) is 0.822. The molecule has 2 heterocycles. The molecule has 0 bridgehead atoms. The minimum atomic E-state index is -0.436. The predicted octanol–water partition coefficient (Wildman–Crippen LogP) is 3.69. The summed E-state index contributed by atoms with van der Waals surface area (Å²) in [4.78, 5) is 26.7. The van der Waals surface area contributed by atoms with Crippen molar-refractivity contribution in [2.75, 3.05) is 13.8 Å². The molecule has 2 aromatic carbocycles. The molecule has 2 aliphatic rings. The van der Waals surface area contributed by atoms with E-state index in [1.54, 1.807) is 30.3 Å². The number of ether oxygens (including phenoxy) is 3. The van der Waals surface area contributed by atoms with Crippen molar-refractivity contribution in [3.8, 4) is 17.2 Å². The molecule has 7 heteroatoms. The fraction of sp³-hybridized carbons (Fsp3) is 0.273. The molecule has 1 saturated carbocycles. The first-order chi connectivity index (χ1) is 14.1. The van der Waals surface area contributed by atoms with E-state index in [1.807, 2.05) is 6.07 Å². The highest BCUT2D eigenvalue weighted by atomic mass is 16.5. The summed E-state index contributed by atoms with van der Waals surface area (Å²) in [5.41, 5.74) is 1.57. The lowest BCUT2D eigenvalue weighted by Gasteiger charge is -2.29.